The van der Waals surface area contributed by atoms with Crippen LogP contribution in [0.15, 0.2) is 47.5 Å². The molecule has 4 aromatic rings. The number of benzene rings is 2. The molecule has 0 fully saturated rings. The molecule has 2 heterocycles. The Kier molecular flexibility index (Phi) is 4.89. The number of fused-ring (bicyclic) bond motifs is 1. The summed E-state index contributed by atoms with van der Waals surface area (Å²) >= 11 is 6.06. The zero-order chi connectivity index (χ0) is 20.5. The Hall–Kier alpha value is -3.46. The first-order valence-corrected chi connectivity index (χ1v) is 8.87. The third-order valence-corrected chi connectivity index (χ3v) is 4.79. The molecule has 0 radical (unpaired) electrons. The number of rotatable bonds is 5. The summed E-state index contributed by atoms with van der Waals surface area (Å²) in [6.07, 6.45) is 1.31. The van der Waals surface area contributed by atoms with Gasteiger partial charge < -0.3 is 9.47 Å². The molecule has 29 heavy (non-hydrogen) atoms. The van der Waals surface area contributed by atoms with Gasteiger partial charge in [0.2, 0.25) is 0 Å². The number of aromatic nitrogens is 5. The minimum atomic E-state index is -0.501. The summed E-state index contributed by atoms with van der Waals surface area (Å²) in [6, 6.07) is 9.49. The lowest BCUT2D eigenvalue weighted by Crippen LogP contribution is -2.22. The topological polar surface area (TPSA) is 84.1 Å². The number of halogens is 2. The van der Waals surface area contributed by atoms with Crippen molar-refractivity contribution >= 4 is 22.8 Å². The average molecular weight is 416 g/mol. The highest BCUT2D eigenvalue weighted by atomic mass is 35.5. The number of hydrogen-bond donors (Lipinski definition) is 0. The van der Waals surface area contributed by atoms with Gasteiger partial charge in [-0.3, -0.25) is 9.36 Å². The Morgan fingerprint density at radius 2 is 1.93 bits per heavy atom. The van der Waals surface area contributed by atoms with Crippen molar-refractivity contribution < 1.29 is 13.9 Å². The van der Waals surface area contributed by atoms with Gasteiger partial charge in [-0.2, -0.15) is 4.68 Å². The monoisotopic (exact) mass is 415 g/mol. The van der Waals surface area contributed by atoms with Crippen molar-refractivity contribution in [3.8, 4) is 17.2 Å². The second kappa shape index (κ2) is 7.51. The van der Waals surface area contributed by atoms with E-state index in [0.29, 0.717) is 17.2 Å². The van der Waals surface area contributed by atoms with Gasteiger partial charge in [0.25, 0.3) is 5.56 Å². The number of ether oxygens (including phenoxy) is 2. The largest absolute Gasteiger partial charge is 0.493 e. The van der Waals surface area contributed by atoms with Crippen LogP contribution in [0.3, 0.4) is 0 Å². The lowest BCUT2D eigenvalue weighted by Gasteiger charge is -2.10. The van der Waals surface area contributed by atoms with E-state index < -0.39 is 11.4 Å². The molecule has 0 unspecified atom stereocenters. The highest BCUT2D eigenvalue weighted by Gasteiger charge is 2.16. The lowest BCUT2D eigenvalue weighted by atomic mass is 10.2. The molecule has 0 amide bonds. The fraction of sp³-hybridized carbons (Fsp3) is 0.158. The van der Waals surface area contributed by atoms with Gasteiger partial charge in [-0.25, -0.2) is 9.37 Å². The Morgan fingerprint density at radius 1 is 1.14 bits per heavy atom. The number of nitrogens with zero attached hydrogens (tertiary/aromatic N) is 5. The summed E-state index contributed by atoms with van der Waals surface area (Å²) in [7, 11) is 3.06. The maximum Gasteiger partial charge on any atom is 0.283 e. The summed E-state index contributed by atoms with van der Waals surface area (Å²) in [4.78, 5) is 17.1. The van der Waals surface area contributed by atoms with Crippen molar-refractivity contribution in [2.75, 3.05) is 14.2 Å². The van der Waals surface area contributed by atoms with Crippen molar-refractivity contribution in [3.05, 3.63) is 69.5 Å². The van der Waals surface area contributed by atoms with Crippen molar-refractivity contribution in [2.45, 2.75) is 6.54 Å². The van der Waals surface area contributed by atoms with Gasteiger partial charge in [-0.15, -0.1) is 5.10 Å². The van der Waals surface area contributed by atoms with E-state index in [1.807, 2.05) is 0 Å². The maximum absolute atomic E-state index is 14.1. The van der Waals surface area contributed by atoms with Crippen LogP contribution in [-0.2, 0) is 6.54 Å². The van der Waals surface area contributed by atoms with E-state index in [-0.39, 0.29) is 28.3 Å². The van der Waals surface area contributed by atoms with Crippen LogP contribution >= 0.6 is 11.6 Å². The standard InChI is InChI=1S/C19H15ClFN5O3/c1-28-15-7-6-11(8-16(15)29-2)26-18-17(23-24-26)19(27)25(10-22-18)9-12-13(20)4-3-5-14(12)21/h3-8,10H,9H2,1-2H3. The molecule has 0 saturated carbocycles. The maximum atomic E-state index is 14.1. The third kappa shape index (κ3) is 3.29. The predicted molar refractivity (Wildman–Crippen MR) is 105 cm³/mol. The van der Waals surface area contributed by atoms with Crippen molar-refractivity contribution in [1.82, 2.24) is 24.5 Å². The molecule has 2 aromatic carbocycles. The SMILES string of the molecule is COc1ccc(-n2nnc3c(=O)n(Cc4c(F)cccc4Cl)cnc32)cc1OC. The highest BCUT2D eigenvalue weighted by molar-refractivity contribution is 6.31. The van der Waals surface area contributed by atoms with Crippen LogP contribution in [0.2, 0.25) is 5.02 Å². The van der Waals surface area contributed by atoms with Crippen LogP contribution in [0.1, 0.15) is 5.56 Å². The Bertz CT molecular complexity index is 1250. The first-order chi connectivity index (χ1) is 14.0. The predicted octanol–water partition coefficient (Wildman–Crippen LogP) is 2.84. The van der Waals surface area contributed by atoms with Crippen molar-refractivity contribution in [3.63, 3.8) is 0 Å². The van der Waals surface area contributed by atoms with Crippen LogP contribution < -0.4 is 15.0 Å². The lowest BCUT2D eigenvalue weighted by molar-refractivity contribution is 0.355. The average Bonchev–Trinajstić information content (AvgIpc) is 3.16. The van der Waals surface area contributed by atoms with Crippen LogP contribution in [0.25, 0.3) is 16.9 Å². The fourth-order valence-corrected chi connectivity index (χ4v) is 3.16. The quantitative estimate of drug-likeness (QED) is 0.498. The first-order valence-electron chi connectivity index (χ1n) is 8.49. The fourth-order valence-electron chi connectivity index (χ4n) is 2.94. The van der Waals surface area contributed by atoms with E-state index in [0.717, 1.165) is 0 Å². The highest BCUT2D eigenvalue weighted by Crippen LogP contribution is 2.29. The van der Waals surface area contributed by atoms with Crippen LogP contribution in [0.4, 0.5) is 4.39 Å². The second-order valence-electron chi connectivity index (χ2n) is 6.09. The van der Waals surface area contributed by atoms with E-state index in [1.54, 1.807) is 24.3 Å². The van der Waals surface area contributed by atoms with E-state index in [4.69, 9.17) is 21.1 Å². The third-order valence-electron chi connectivity index (χ3n) is 4.43. The number of methoxy groups -OCH3 is 2. The molecule has 0 saturated heterocycles. The molecule has 148 valence electrons. The summed E-state index contributed by atoms with van der Waals surface area (Å²) in [5, 5.41) is 8.22. The molecule has 0 atom stereocenters. The van der Waals surface area contributed by atoms with Crippen LogP contribution in [0, 0.1) is 5.82 Å². The Morgan fingerprint density at radius 3 is 2.66 bits per heavy atom. The first kappa shape index (κ1) is 18.9. The number of hydrogen-bond acceptors (Lipinski definition) is 6. The summed E-state index contributed by atoms with van der Waals surface area (Å²) in [5.41, 5.74) is 0.644. The van der Waals surface area contributed by atoms with Gasteiger partial charge in [0.15, 0.2) is 22.7 Å². The minimum Gasteiger partial charge on any atom is -0.493 e. The summed E-state index contributed by atoms with van der Waals surface area (Å²) < 4.78 is 27.2. The van der Waals surface area contributed by atoms with Gasteiger partial charge in [0.05, 0.1) is 26.5 Å². The molecular formula is C19H15ClFN5O3. The molecule has 2 aromatic heterocycles. The van der Waals surface area contributed by atoms with E-state index >= 15 is 0 Å². The molecule has 0 aliphatic carbocycles. The normalized spacial score (nSPS) is 11.0. The molecule has 10 heteroatoms. The summed E-state index contributed by atoms with van der Waals surface area (Å²) in [6.45, 7) is -0.0729. The van der Waals surface area contributed by atoms with Crippen molar-refractivity contribution in [1.29, 1.82) is 0 Å². The minimum absolute atomic E-state index is 0.0507. The molecule has 0 aliphatic rings. The smallest absolute Gasteiger partial charge is 0.283 e. The van der Waals surface area contributed by atoms with Gasteiger partial charge in [-0.05, 0) is 24.3 Å². The molecule has 4 rings (SSSR count). The zero-order valence-electron chi connectivity index (χ0n) is 15.5. The molecule has 0 bridgehead atoms. The van der Waals surface area contributed by atoms with Gasteiger partial charge in [0.1, 0.15) is 12.1 Å². The second-order valence-corrected chi connectivity index (χ2v) is 6.50. The molecular weight excluding hydrogens is 401 g/mol. The van der Waals surface area contributed by atoms with Gasteiger partial charge in [0, 0.05) is 16.7 Å². The Balaban J connectivity index is 1.78. The van der Waals surface area contributed by atoms with E-state index in [9.17, 15) is 9.18 Å². The van der Waals surface area contributed by atoms with E-state index in [1.165, 1.54) is 41.9 Å². The molecule has 0 spiro atoms. The van der Waals surface area contributed by atoms with Gasteiger partial charge in [-0.1, -0.05) is 22.9 Å². The van der Waals surface area contributed by atoms with E-state index in [2.05, 4.69) is 15.3 Å². The van der Waals surface area contributed by atoms with Crippen molar-refractivity contribution in [2.24, 2.45) is 0 Å². The van der Waals surface area contributed by atoms with Crippen LogP contribution in [-0.4, -0.2) is 38.8 Å². The summed E-state index contributed by atoms with van der Waals surface area (Å²) in [5.74, 6) is 0.549. The van der Waals surface area contributed by atoms with Gasteiger partial charge >= 0.3 is 0 Å². The molecule has 8 nitrogen and oxygen atoms in total. The van der Waals surface area contributed by atoms with Crippen LogP contribution in [0.5, 0.6) is 11.5 Å². The Labute approximate surface area is 169 Å². The zero-order valence-corrected chi connectivity index (χ0v) is 16.2. The molecule has 0 aliphatic heterocycles. The molecule has 0 N–H and O–H groups in total.